The maximum absolute atomic E-state index is 14.3. The van der Waals surface area contributed by atoms with Crippen molar-refractivity contribution in [2.75, 3.05) is 13.7 Å². The Morgan fingerprint density at radius 1 is 1.38 bits per heavy atom. The summed E-state index contributed by atoms with van der Waals surface area (Å²) in [5.41, 5.74) is 1.56. The van der Waals surface area contributed by atoms with Gasteiger partial charge < -0.3 is 10.1 Å². The predicted molar refractivity (Wildman–Crippen MR) is 80.9 cm³/mol. The number of ether oxygens (including phenoxy) is 1. The fraction of sp³-hybridized carbons (Fsp3) is 0.438. The minimum absolute atomic E-state index is 0.00671. The standard InChI is InChI=1S/C16H22FN3O/c1-4-9-18-14(13-8-10-20(2)19-13)11-12-6-5-7-15(21-3)16(12)17/h5-8,10,14,18H,4,9,11H2,1-3H3. The highest BCUT2D eigenvalue weighted by Gasteiger charge is 2.18. The van der Waals surface area contributed by atoms with E-state index >= 15 is 0 Å². The Balaban J connectivity index is 2.22. The SMILES string of the molecule is CCCNC(Cc1cccc(OC)c1F)c1ccn(C)n1. The Hall–Kier alpha value is -1.88. The van der Waals surface area contributed by atoms with Crippen molar-refractivity contribution < 1.29 is 9.13 Å². The molecule has 114 valence electrons. The number of hydrogen-bond donors (Lipinski definition) is 1. The first-order chi connectivity index (χ1) is 10.2. The van der Waals surface area contributed by atoms with E-state index in [0.29, 0.717) is 12.0 Å². The van der Waals surface area contributed by atoms with Crippen LogP contribution in [0.15, 0.2) is 30.5 Å². The molecule has 1 aromatic heterocycles. The average Bonchev–Trinajstić information content (AvgIpc) is 2.91. The van der Waals surface area contributed by atoms with Gasteiger partial charge in [0.2, 0.25) is 0 Å². The zero-order chi connectivity index (χ0) is 15.2. The number of aromatic nitrogens is 2. The van der Waals surface area contributed by atoms with Gasteiger partial charge in [-0.3, -0.25) is 4.68 Å². The van der Waals surface area contributed by atoms with Crippen molar-refractivity contribution in [3.05, 3.63) is 47.5 Å². The Morgan fingerprint density at radius 2 is 2.19 bits per heavy atom. The van der Waals surface area contributed by atoms with E-state index in [4.69, 9.17) is 4.74 Å². The van der Waals surface area contributed by atoms with Crippen molar-refractivity contribution in [3.8, 4) is 5.75 Å². The van der Waals surface area contributed by atoms with Gasteiger partial charge in [0, 0.05) is 13.2 Å². The molecule has 0 radical (unpaired) electrons. The average molecular weight is 291 g/mol. The second-order valence-electron chi connectivity index (χ2n) is 5.06. The van der Waals surface area contributed by atoms with Crippen molar-refractivity contribution in [2.45, 2.75) is 25.8 Å². The number of halogens is 1. The monoisotopic (exact) mass is 291 g/mol. The molecule has 21 heavy (non-hydrogen) atoms. The zero-order valence-corrected chi connectivity index (χ0v) is 12.8. The lowest BCUT2D eigenvalue weighted by Crippen LogP contribution is -2.25. The maximum atomic E-state index is 14.3. The Kier molecular flexibility index (Phi) is 5.33. The smallest absolute Gasteiger partial charge is 0.168 e. The van der Waals surface area contributed by atoms with Gasteiger partial charge >= 0.3 is 0 Å². The summed E-state index contributed by atoms with van der Waals surface area (Å²) in [6.07, 6.45) is 3.46. The molecule has 0 aliphatic carbocycles. The molecule has 2 rings (SSSR count). The second kappa shape index (κ2) is 7.22. The molecule has 4 nitrogen and oxygen atoms in total. The summed E-state index contributed by atoms with van der Waals surface area (Å²) in [5.74, 6) is -0.0120. The molecule has 0 bridgehead atoms. The lowest BCUT2D eigenvalue weighted by atomic mass is 10.0. The van der Waals surface area contributed by atoms with Crippen molar-refractivity contribution in [1.82, 2.24) is 15.1 Å². The topological polar surface area (TPSA) is 39.1 Å². The quantitative estimate of drug-likeness (QED) is 0.852. The second-order valence-corrected chi connectivity index (χ2v) is 5.06. The molecule has 1 N–H and O–H groups in total. The van der Waals surface area contributed by atoms with Gasteiger partial charge in [-0.1, -0.05) is 19.1 Å². The molecule has 0 spiro atoms. The van der Waals surface area contributed by atoms with Crippen molar-refractivity contribution in [3.63, 3.8) is 0 Å². The third kappa shape index (κ3) is 3.82. The van der Waals surface area contributed by atoms with Gasteiger partial charge in [0.25, 0.3) is 0 Å². The van der Waals surface area contributed by atoms with Gasteiger partial charge in [0.15, 0.2) is 11.6 Å². The van der Waals surface area contributed by atoms with Gasteiger partial charge in [-0.25, -0.2) is 4.39 Å². The number of hydrogen-bond acceptors (Lipinski definition) is 3. The molecule has 1 heterocycles. The molecule has 0 fully saturated rings. The summed E-state index contributed by atoms with van der Waals surface area (Å²) in [5, 5.41) is 7.86. The van der Waals surface area contributed by atoms with Gasteiger partial charge in [-0.05, 0) is 37.1 Å². The number of aryl methyl sites for hydroxylation is 1. The molecular weight excluding hydrogens is 269 g/mol. The molecule has 5 heteroatoms. The van der Waals surface area contributed by atoms with E-state index in [1.54, 1.807) is 16.8 Å². The van der Waals surface area contributed by atoms with Crippen molar-refractivity contribution >= 4 is 0 Å². The highest BCUT2D eigenvalue weighted by molar-refractivity contribution is 5.32. The molecule has 2 aromatic rings. The van der Waals surface area contributed by atoms with Crippen LogP contribution in [-0.4, -0.2) is 23.4 Å². The van der Waals surface area contributed by atoms with Crippen LogP contribution in [0.4, 0.5) is 4.39 Å². The Morgan fingerprint density at radius 3 is 2.81 bits per heavy atom. The zero-order valence-electron chi connectivity index (χ0n) is 12.8. The van der Waals surface area contributed by atoms with E-state index in [9.17, 15) is 4.39 Å². The Bertz CT molecular complexity index is 583. The van der Waals surface area contributed by atoms with Crippen LogP contribution < -0.4 is 10.1 Å². The van der Waals surface area contributed by atoms with Gasteiger partial charge in [0.1, 0.15) is 0 Å². The highest BCUT2D eigenvalue weighted by Crippen LogP contribution is 2.24. The van der Waals surface area contributed by atoms with Crippen LogP contribution >= 0.6 is 0 Å². The van der Waals surface area contributed by atoms with Crippen LogP contribution in [-0.2, 0) is 13.5 Å². The molecule has 1 unspecified atom stereocenters. The molecule has 0 aliphatic heterocycles. The minimum Gasteiger partial charge on any atom is -0.494 e. The molecular formula is C16H22FN3O. The maximum Gasteiger partial charge on any atom is 0.168 e. The number of benzene rings is 1. The van der Waals surface area contributed by atoms with Gasteiger partial charge in [0.05, 0.1) is 18.8 Å². The molecule has 0 saturated carbocycles. The summed E-state index contributed by atoms with van der Waals surface area (Å²) in [7, 11) is 3.36. The highest BCUT2D eigenvalue weighted by atomic mass is 19.1. The first-order valence-electron chi connectivity index (χ1n) is 7.20. The summed E-state index contributed by atoms with van der Waals surface area (Å²) >= 11 is 0. The molecule has 0 saturated heterocycles. The third-order valence-electron chi connectivity index (χ3n) is 3.42. The van der Waals surface area contributed by atoms with E-state index in [-0.39, 0.29) is 17.6 Å². The molecule has 0 amide bonds. The number of nitrogens with one attached hydrogen (secondary N) is 1. The van der Waals surface area contributed by atoms with Crippen LogP contribution in [0.1, 0.15) is 30.6 Å². The van der Waals surface area contributed by atoms with Crippen LogP contribution in [0.2, 0.25) is 0 Å². The number of nitrogens with zero attached hydrogens (tertiary/aromatic N) is 2. The first-order valence-corrected chi connectivity index (χ1v) is 7.20. The van der Waals surface area contributed by atoms with Gasteiger partial charge in [-0.2, -0.15) is 5.10 Å². The number of rotatable bonds is 7. The van der Waals surface area contributed by atoms with E-state index in [0.717, 1.165) is 18.7 Å². The van der Waals surface area contributed by atoms with Crippen molar-refractivity contribution in [2.24, 2.45) is 7.05 Å². The normalized spacial score (nSPS) is 12.4. The van der Waals surface area contributed by atoms with Crippen LogP contribution in [0.5, 0.6) is 5.75 Å². The van der Waals surface area contributed by atoms with E-state index < -0.39 is 0 Å². The van der Waals surface area contributed by atoms with Crippen LogP contribution in [0.25, 0.3) is 0 Å². The number of methoxy groups -OCH3 is 1. The van der Waals surface area contributed by atoms with E-state index in [1.807, 2.05) is 25.4 Å². The largest absolute Gasteiger partial charge is 0.494 e. The summed E-state index contributed by atoms with van der Waals surface area (Å²) in [6.45, 7) is 2.97. The fourth-order valence-corrected chi connectivity index (χ4v) is 2.31. The van der Waals surface area contributed by atoms with Crippen LogP contribution in [0.3, 0.4) is 0 Å². The fourth-order valence-electron chi connectivity index (χ4n) is 2.31. The molecule has 0 aliphatic rings. The minimum atomic E-state index is -0.292. The lowest BCUT2D eigenvalue weighted by molar-refractivity contribution is 0.382. The van der Waals surface area contributed by atoms with Gasteiger partial charge in [-0.15, -0.1) is 0 Å². The molecule has 1 aromatic carbocycles. The molecule has 1 atom stereocenters. The van der Waals surface area contributed by atoms with E-state index in [2.05, 4.69) is 17.3 Å². The lowest BCUT2D eigenvalue weighted by Gasteiger charge is -2.17. The summed E-state index contributed by atoms with van der Waals surface area (Å²) in [6, 6.07) is 7.20. The van der Waals surface area contributed by atoms with Crippen LogP contribution in [0, 0.1) is 5.82 Å². The Labute approximate surface area is 124 Å². The predicted octanol–water partition coefficient (Wildman–Crippen LogP) is 2.85. The van der Waals surface area contributed by atoms with E-state index in [1.165, 1.54) is 7.11 Å². The summed E-state index contributed by atoms with van der Waals surface area (Å²) in [4.78, 5) is 0. The van der Waals surface area contributed by atoms with Crippen molar-refractivity contribution in [1.29, 1.82) is 0 Å². The third-order valence-corrected chi connectivity index (χ3v) is 3.42. The first kappa shape index (κ1) is 15.5. The summed E-state index contributed by atoms with van der Waals surface area (Å²) < 4.78 is 21.1.